The molecule has 0 fully saturated rings. The normalized spacial score (nSPS) is 16.9. The van der Waals surface area contributed by atoms with Crippen molar-refractivity contribution in [3.8, 4) is 0 Å². The summed E-state index contributed by atoms with van der Waals surface area (Å²) < 4.78 is 17.1. The SMILES string of the molecule is CC[C@@H](C)OB(O[C@H](C)CC)O[C@@H](C)CC. The summed E-state index contributed by atoms with van der Waals surface area (Å²) in [7, 11) is -0.528. The van der Waals surface area contributed by atoms with Gasteiger partial charge in [-0.2, -0.15) is 0 Å². The van der Waals surface area contributed by atoms with Crippen LogP contribution in [0.2, 0.25) is 0 Å². The van der Waals surface area contributed by atoms with E-state index in [0.717, 1.165) is 19.3 Å². The van der Waals surface area contributed by atoms with Gasteiger partial charge in [0.2, 0.25) is 0 Å². The van der Waals surface area contributed by atoms with Gasteiger partial charge in [0.15, 0.2) is 0 Å². The molecule has 0 saturated heterocycles. The van der Waals surface area contributed by atoms with Gasteiger partial charge in [0, 0.05) is 18.3 Å². The molecule has 0 aromatic rings. The zero-order chi connectivity index (χ0) is 12.6. The predicted molar refractivity (Wildman–Crippen MR) is 68.3 cm³/mol. The fourth-order valence-corrected chi connectivity index (χ4v) is 0.954. The first-order chi connectivity index (χ1) is 7.53. The van der Waals surface area contributed by atoms with Crippen molar-refractivity contribution in [2.75, 3.05) is 0 Å². The molecule has 0 aromatic heterocycles. The molecule has 3 nitrogen and oxygen atoms in total. The maximum absolute atomic E-state index is 5.70. The highest BCUT2D eigenvalue weighted by molar-refractivity contribution is 6.36. The first-order valence-electron chi connectivity index (χ1n) is 6.49. The molecule has 16 heavy (non-hydrogen) atoms. The van der Waals surface area contributed by atoms with Crippen LogP contribution in [0.5, 0.6) is 0 Å². The molecule has 4 heteroatoms. The second-order valence-corrected chi connectivity index (χ2v) is 4.35. The van der Waals surface area contributed by atoms with Crippen LogP contribution in [0.4, 0.5) is 0 Å². The molecule has 96 valence electrons. The summed E-state index contributed by atoms with van der Waals surface area (Å²) in [6.45, 7) is 12.4. The first kappa shape index (κ1) is 15.9. The van der Waals surface area contributed by atoms with E-state index in [4.69, 9.17) is 14.0 Å². The summed E-state index contributed by atoms with van der Waals surface area (Å²) in [6, 6.07) is 0. The van der Waals surface area contributed by atoms with Crippen LogP contribution in [0.15, 0.2) is 0 Å². The molecule has 0 N–H and O–H groups in total. The van der Waals surface area contributed by atoms with Crippen LogP contribution in [-0.4, -0.2) is 25.6 Å². The Hall–Kier alpha value is -0.0551. The highest BCUT2D eigenvalue weighted by Crippen LogP contribution is 2.09. The molecule has 0 bridgehead atoms. The van der Waals surface area contributed by atoms with Gasteiger partial charge in [-0.05, 0) is 40.0 Å². The van der Waals surface area contributed by atoms with Crippen molar-refractivity contribution in [2.24, 2.45) is 0 Å². The van der Waals surface area contributed by atoms with E-state index in [9.17, 15) is 0 Å². The molecule has 0 heterocycles. The van der Waals surface area contributed by atoms with Crippen LogP contribution in [0.3, 0.4) is 0 Å². The molecular weight excluding hydrogens is 203 g/mol. The van der Waals surface area contributed by atoms with E-state index in [1.165, 1.54) is 0 Å². The molecule has 0 aliphatic heterocycles. The van der Waals surface area contributed by atoms with E-state index in [0.29, 0.717) is 0 Å². The molecule has 0 unspecified atom stereocenters. The van der Waals surface area contributed by atoms with Crippen molar-refractivity contribution in [3.05, 3.63) is 0 Å². The minimum Gasteiger partial charge on any atom is -0.383 e. The van der Waals surface area contributed by atoms with Gasteiger partial charge < -0.3 is 14.0 Å². The van der Waals surface area contributed by atoms with E-state index in [2.05, 4.69) is 20.8 Å². The van der Waals surface area contributed by atoms with E-state index < -0.39 is 7.32 Å². The average Bonchev–Trinajstić information content (AvgIpc) is 2.28. The lowest BCUT2D eigenvalue weighted by molar-refractivity contribution is 0.0181. The number of hydrogen-bond acceptors (Lipinski definition) is 3. The topological polar surface area (TPSA) is 27.7 Å². The van der Waals surface area contributed by atoms with E-state index in [-0.39, 0.29) is 18.3 Å². The molecule has 0 rings (SSSR count). The van der Waals surface area contributed by atoms with Gasteiger partial charge in [0.1, 0.15) is 0 Å². The highest BCUT2D eigenvalue weighted by atomic mass is 16.7. The van der Waals surface area contributed by atoms with Crippen molar-refractivity contribution in [2.45, 2.75) is 79.1 Å². The molecule has 0 saturated carbocycles. The van der Waals surface area contributed by atoms with Crippen LogP contribution in [-0.2, 0) is 14.0 Å². The lowest BCUT2D eigenvalue weighted by Gasteiger charge is -2.23. The quantitative estimate of drug-likeness (QED) is 0.568. The van der Waals surface area contributed by atoms with Gasteiger partial charge in [0.05, 0.1) is 0 Å². The average molecular weight is 230 g/mol. The van der Waals surface area contributed by atoms with Crippen LogP contribution < -0.4 is 0 Å². The summed E-state index contributed by atoms with van der Waals surface area (Å²) in [5.41, 5.74) is 0. The predicted octanol–water partition coefficient (Wildman–Crippen LogP) is 3.42. The third-order valence-electron chi connectivity index (χ3n) is 2.76. The molecule has 0 radical (unpaired) electrons. The Morgan fingerprint density at radius 3 is 1.12 bits per heavy atom. The standard InChI is InChI=1S/C12H27BO3/c1-7-10(4)14-13(15-11(5)8-2)16-12(6)9-3/h10-12H,7-9H2,1-6H3/t10-,11-,12+/m1/s1. The molecule has 0 amide bonds. The zero-order valence-corrected chi connectivity index (χ0v) is 11.7. The second kappa shape index (κ2) is 9.02. The Bertz CT molecular complexity index is 138. The summed E-state index contributed by atoms with van der Waals surface area (Å²) in [6.07, 6.45) is 3.38. The minimum atomic E-state index is -0.528. The molecule has 3 atom stereocenters. The van der Waals surface area contributed by atoms with Crippen LogP contribution >= 0.6 is 0 Å². The van der Waals surface area contributed by atoms with Crippen molar-refractivity contribution in [1.29, 1.82) is 0 Å². The lowest BCUT2D eigenvalue weighted by atomic mass is 10.1. The number of hydrogen-bond donors (Lipinski definition) is 0. The Morgan fingerprint density at radius 2 is 0.938 bits per heavy atom. The molecule has 0 aromatic carbocycles. The van der Waals surface area contributed by atoms with Crippen molar-refractivity contribution in [1.82, 2.24) is 0 Å². The monoisotopic (exact) mass is 230 g/mol. The molecule has 0 aliphatic carbocycles. The Labute approximate surface area is 101 Å². The van der Waals surface area contributed by atoms with Crippen LogP contribution in [0.1, 0.15) is 60.8 Å². The maximum Gasteiger partial charge on any atom is 0.639 e. The zero-order valence-electron chi connectivity index (χ0n) is 11.7. The largest absolute Gasteiger partial charge is 0.639 e. The van der Waals surface area contributed by atoms with Crippen LogP contribution in [0, 0.1) is 0 Å². The second-order valence-electron chi connectivity index (χ2n) is 4.35. The minimum absolute atomic E-state index is 0.165. The molecule has 0 aliphatic rings. The van der Waals surface area contributed by atoms with Gasteiger partial charge in [-0.1, -0.05) is 20.8 Å². The van der Waals surface area contributed by atoms with Gasteiger partial charge in [-0.3, -0.25) is 0 Å². The Balaban J connectivity index is 4.15. The van der Waals surface area contributed by atoms with E-state index >= 15 is 0 Å². The van der Waals surface area contributed by atoms with Gasteiger partial charge in [-0.25, -0.2) is 0 Å². The van der Waals surface area contributed by atoms with Crippen molar-refractivity contribution < 1.29 is 14.0 Å². The van der Waals surface area contributed by atoms with Crippen LogP contribution in [0.25, 0.3) is 0 Å². The fraction of sp³-hybridized carbons (Fsp3) is 1.00. The summed E-state index contributed by atoms with van der Waals surface area (Å²) in [4.78, 5) is 0. The number of rotatable bonds is 9. The fourth-order valence-electron chi connectivity index (χ4n) is 0.954. The van der Waals surface area contributed by atoms with Crippen molar-refractivity contribution in [3.63, 3.8) is 0 Å². The third-order valence-corrected chi connectivity index (χ3v) is 2.76. The van der Waals surface area contributed by atoms with Gasteiger partial charge in [-0.15, -0.1) is 0 Å². The van der Waals surface area contributed by atoms with Crippen molar-refractivity contribution >= 4 is 7.32 Å². The molecule has 0 spiro atoms. The Kier molecular flexibility index (Phi) is 8.99. The highest BCUT2D eigenvalue weighted by Gasteiger charge is 2.27. The third kappa shape index (κ3) is 7.26. The Morgan fingerprint density at radius 1 is 0.688 bits per heavy atom. The van der Waals surface area contributed by atoms with Gasteiger partial charge >= 0.3 is 7.32 Å². The molecular formula is C12H27BO3. The van der Waals surface area contributed by atoms with Gasteiger partial charge in [0.25, 0.3) is 0 Å². The smallest absolute Gasteiger partial charge is 0.383 e. The summed E-state index contributed by atoms with van der Waals surface area (Å²) in [5, 5.41) is 0. The summed E-state index contributed by atoms with van der Waals surface area (Å²) in [5.74, 6) is 0. The maximum atomic E-state index is 5.70. The first-order valence-corrected chi connectivity index (χ1v) is 6.49. The summed E-state index contributed by atoms with van der Waals surface area (Å²) >= 11 is 0. The van der Waals surface area contributed by atoms with E-state index in [1.54, 1.807) is 0 Å². The van der Waals surface area contributed by atoms with E-state index in [1.807, 2.05) is 20.8 Å². The lowest BCUT2D eigenvalue weighted by Crippen LogP contribution is -2.36.